The summed E-state index contributed by atoms with van der Waals surface area (Å²) in [5, 5.41) is 12.7. The Hall–Kier alpha value is -1.79. The lowest BCUT2D eigenvalue weighted by molar-refractivity contribution is -0.134. The van der Waals surface area contributed by atoms with Gasteiger partial charge < -0.3 is 9.84 Å². The summed E-state index contributed by atoms with van der Waals surface area (Å²) in [6, 6.07) is 0. The minimum Gasteiger partial charge on any atom is -0.388 e. The smallest absolute Gasteiger partial charge is 0.226 e. The number of hydrogen-bond donors (Lipinski definition) is 2. The third-order valence-corrected chi connectivity index (χ3v) is 5.19. The molecule has 1 saturated heterocycles. The SMILES string of the molecule is C=CC(CC/C=C(/C)[C@H](O)[C@H](C)C(=O)CCCC1CC(=O)NC(=O)C1)OC. The van der Waals surface area contributed by atoms with Gasteiger partial charge in [0.05, 0.1) is 12.2 Å². The first-order chi connectivity index (χ1) is 12.8. The second kappa shape index (κ2) is 11.8. The zero-order chi connectivity index (χ0) is 20.4. The van der Waals surface area contributed by atoms with E-state index >= 15 is 0 Å². The van der Waals surface area contributed by atoms with Gasteiger partial charge in [0.15, 0.2) is 0 Å². The minimum atomic E-state index is -0.802. The van der Waals surface area contributed by atoms with Crippen LogP contribution in [0.15, 0.2) is 24.3 Å². The van der Waals surface area contributed by atoms with E-state index in [0.717, 1.165) is 18.4 Å². The van der Waals surface area contributed by atoms with Gasteiger partial charge in [-0.25, -0.2) is 0 Å². The molecule has 0 bridgehead atoms. The Bertz CT molecular complexity index is 553. The van der Waals surface area contributed by atoms with E-state index in [1.54, 1.807) is 20.1 Å². The Balaban J connectivity index is 2.39. The summed E-state index contributed by atoms with van der Waals surface area (Å²) in [6.07, 6.45) is 6.71. The number of ketones is 1. The first kappa shape index (κ1) is 23.2. The van der Waals surface area contributed by atoms with E-state index in [1.165, 1.54) is 0 Å². The lowest BCUT2D eigenvalue weighted by atomic mass is 9.88. The summed E-state index contributed by atoms with van der Waals surface area (Å²) >= 11 is 0. The molecule has 1 aliphatic heterocycles. The maximum atomic E-state index is 12.4. The number of allylic oxidation sites excluding steroid dienone is 1. The molecule has 27 heavy (non-hydrogen) atoms. The Morgan fingerprint density at radius 3 is 2.56 bits per heavy atom. The van der Waals surface area contributed by atoms with Crippen LogP contribution in [0.25, 0.3) is 0 Å². The first-order valence-corrected chi connectivity index (χ1v) is 9.63. The molecule has 0 radical (unpaired) electrons. The topological polar surface area (TPSA) is 92.7 Å². The highest BCUT2D eigenvalue weighted by Gasteiger charge is 2.26. The molecule has 0 aromatic heterocycles. The van der Waals surface area contributed by atoms with E-state index in [0.29, 0.717) is 32.1 Å². The molecule has 3 atom stereocenters. The molecule has 1 unspecified atom stereocenters. The van der Waals surface area contributed by atoms with Crippen LogP contribution in [0.1, 0.15) is 58.8 Å². The Kier molecular flexibility index (Phi) is 10.2. The number of Topliss-reactive ketones (excluding diaryl/α,β-unsaturated/α-hetero) is 1. The number of aliphatic hydroxyl groups excluding tert-OH is 1. The van der Waals surface area contributed by atoms with Crippen molar-refractivity contribution in [2.45, 2.75) is 71.0 Å². The van der Waals surface area contributed by atoms with Crippen LogP contribution in [-0.2, 0) is 19.1 Å². The number of piperidine rings is 1. The van der Waals surface area contributed by atoms with Crippen LogP contribution in [0.4, 0.5) is 0 Å². The van der Waals surface area contributed by atoms with Gasteiger partial charge in [-0.1, -0.05) is 19.1 Å². The molecule has 2 amide bonds. The van der Waals surface area contributed by atoms with E-state index in [9.17, 15) is 19.5 Å². The molecule has 1 fully saturated rings. The second-order valence-corrected chi connectivity index (χ2v) is 7.37. The highest BCUT2D eigenvalue weighted by atomic mass is 16.5. The molecule has 6 nitrogen and oxygen atoms in total. The standard InChI is InChI=1S/C21H33NO5/c1-5-17(27-4)10-6-8-14(2)21(26)15(3)18(23)11-7-9-16-12-19(24)22-20(25)13-16/h5,8,15-17,21,26H,1,6-7,9-13H2,2-4H3,(H,22,24,25)/b14-8-/t15-,17?,21+/m1/s1. The molecular weight excluding hydrogens is 346 g/mol. The predicted octanol–water partition coefficient (Wildman–Crippen LogP) is 2.70. The summed E-state index contributed by atoms with van der Waals surface area (Å²) in [7, 11) is 1.63. The van der Waals surface area contributed by atoms with Crippen LogP contribution in [0, 0.1) is 11.8 Å². The number of imide groups is 1. The predicted molar refractivity (Wildman–Crippen MR) is 104 cm³/mol. The monoisotopic (exact) mass is 379 g/mol. The van der Waals surface area contributed by atoms with E-state index in [4.69, 9.17) is 4.74 Å². The number of hydrogen-bond acceptors (Lipinski definition) is 5. The maximum Gasteiger partial charge on any atom is 0.226 e. The molecule has 0 spiro atoms. The zero-order valence-electron chi connectivity index (χ0n) is 16.7. The normalized spacial score (nSPS) is 19.3. The highest BCUT2D eigenvalue weighted by molar-refractivity contribution is 5.97. The van der Waals surface area contributed by atoms with Crippen molar-refractivity contribution in [2.24, 2.45) is 11.8 Å². The summed E-state index contributed by atoms with van der Waals surface area (Å²) in [5.74, 6) is -0.934. The molecule has 2 N–H and O–H groups in total. The average molecular weight is 379 g/mol. The second-order valence-electron chi connectivity index (χ2n) is 7.37. The van der Waals surface area contributed by atoms with Gasteiger partial charge in [-0.2, -0.15) is 0 Å². The number of aliphatic hydroxyl groups is 1. The van der Waals surface area contributed by atoms with Crippen LogP contribution < -0.4 is 5.32 Å². The van der Waals surface area contributed by atoms with Crippen LogP contribution >= 0.6 is 0 Å². The number of carbonyl (C=O) groups excluding carboxylic acids is 3. The number of rotatable bonds is 12. The molecule has 0 saturated carbocycles. The summed E-state index contributed by atoms with van der Waals surface area (Å²) in [5.41, 5.74) is 0.782. The maximum absolute atomic E-state index is 12.4. The number of nitrogens with one attached hydrogen (secondary N) is 1. The van der Waals surface area contributed by atoms with Gasteiger partial charge in [-0.15, -0.1) is 6.58 Å². The van der Waals surface area contributed by atoms with Crippen molar-refractivity contribution >= 4 is 17.6 Å². The zero-order valence-corrected chi connectivity index (χ0v) is 16.7. The van der Waals surface area contributed by atoms with Gasteiger partial charge in [0.25, 0.3) is 0 Å². The summed E-state index contributed by atoms with van der Waals surface area (Å²) in [4.78, 5) is 35.1. The van der Waals surface area contributed by atoms with Crippen molar-refractivity contribution in [3.05, 3.63) is 24.3 Å². The van der Waals surface area contributed by atoms with Crippen molar-refractivity contribution in [2.75, 3.05) is 7.11 Å². The van der Waals surface area contributed by atoms with E-state index < -0.39 is 12.0 Å². The van der Waals surface area contributed by atoms with Crippen LogP contribution in [0.5, 0.6) is 0 Å². The Morgan fingerprint density at radius 2 is 2.00 bits per heavy atom. The van der Waals surface area contributed by atoms with E-state index in [-0.39, 0.29) is 29.6 Å². The van der Waals surface area contributed by atoms with E-state index in [2.05, 4.69) is 11.9 Å². The molecule has 1 heterocycles. The van der Waals surface area contributed by atoms with Crippen molar-refractivity contribution in [1.82, 2.24) is 5.32 Å². The fraction of sp³-hybridized carbons (Fsp3) is 0.667. The minimum absolute atomic E-state index is 0.00250. The molecule has 6 heteroatoms. The molecule has 0 aromatic carbocycles. The van der Waals surface area contributed by atoms with Crippen molar-refractivity contribution in [3.8, 4) is 0 Å². The number of amides is 2. The van der Waals surface area contributed by atoms with Gasteiger partial charge in [-0.05, 0) is 44.1 Å². The number of methoxy groups -OCH3 is 1. The first-order valence-electron chi connectivity index (χ1n) is 9.63. The quantitative estimate of drug-likeness (QED) is 0.402. The molecular formula is C21H33NO5. The fourth-order valence-electron chi connectivity index (χ4n) is 3.35. The highest BCUT2D eigenvalue weighted by Crippen LogP contribution is 2.22. The average Bonchev–Trinajstić information content (AvgIpc) is 2.63. The number of ether oxygens (including phenoxy) is 1. The third-order valence-electron chi connectivity index (χ3n) is 5.19. The Morgan fingerprint density at radius 1 is 1.37 bits per heavy atom. The summed E-state index contributed by atoms with van der Waals surface area (Å²) < 4.78 is 5.23. The van der Waals surface area contributed by atoms with Crippen LogP contribution in [-0.4, -0.2) is 42.0 Å². The van der Waals surface area contributed by atoms with Crippen molar-refractivity contribution in [3.63, 3.8) is 0 Å². The third kappa shape index (κ3) is 8.18. The van der Waals surface area contributed by atoms with Gasteiger partial charge in [0, 0.05) is 32.3 Å². The van der Waals surface area contributed by atoms with Crippen molar-refractivity contribution < 1.29 is 24.2 Å². The molecule has 0 aliphatic carbocycles. The molecule has 0 aromatic rings. The largest absolute Gasteiger partial charge is 0.388 e. The van der Waals surface area contributed by atoms with Gasteiger partial charge in [-0.3, -0.25) is 19.7 Å². The van der Waals surface area contributed by atoms with Gasteiger partial charge >= 0.3 is 0 Å². The lowest BCUT2D eigenvalue weighted by Gasteiger charge is -2.22. The van der Waals surface area contributed by atoms with Crippen LogP contribution in [0.2, 0.25) is 0 Å². The van der Waals surface area contributed by atoms with Gasteiger partial charge in [0.2, 0.25) is 11.8 Å². The fourth-order valence-corrected chi connectivity index (χ4v) is 3.35. The Labute approximate surface area is 162 Å². The lowest BCUT2D eigenvalue weighted by Crippen LogP contribution is -2.38. The molecule has 1 rings (SSSR count). The van der Waals surface area contributed by atoms with Crippen molar-refractivity contribution in [1.29, 1.82) is 0 Å². The molecule has 1 aliphatic rings. The van der Waals surface area contributed by atoms with Gasteiger partial charge in [0.1, 0.15) is 5.78 Å². The van der Waals surface area contributed by atoms with Crippen LogP contribution in [0.3, 0.4) is 0 Å². The summed E-state index contributed by atoms with van der Waals surface area (Å²) in [6.45, 7) is 7.28. The number of carbonyl (C=O) groups is 3. The molecule has 152 valence electrons. The van der Waals surface area contributed by atoms with E-state index in [1.807, 2.05) is 13.0 Å².